The second kappa shape index (κ2) is 8.43. The minimum atomic E-state index is -0.955. The first-order chi connectivity index (χ1) is 8.38. The van der Waals surface area contributed by atoms with Gasteiger partial charge in [0.25, 0.3) is 0 Å². The lowest BCUT2D eigenvalue weighted by atomic mass is 10.2. The fraction of sp³-hybridized carbons (Fsp3) is 0.700. The Hall–Kier alpha value is -1.67. The van der Waals surface area contributed by atoms with Crippen LogP contribution < -0.4 is 16.8 Å². The van der Waals surface area contributed by atoms with Crippen LogP contribution in [-0.4, -0.2) is 46.7 Å². The monoisotopic (exact) mass is 261 g/mol. The lowest BCUT2D eigenvalue weighted by Crippen LogP contribution is -2.32. The molecule has 104 valence electrons. The van der Waals surface area contributed by atoms with E-state index in [1.807, 2.05) is 0 Å². The van der Waals surface area contributed by atoms with Gasteiger partial charge in [0.2, 0.25) is 5.91 Å². The summed E-state index contributed by atoms with van der Waals surface area (Å²) in [5, 5.41) is 18.9. The van der Waals surface area contributed by atoms with E-state index in [1.54, 1.807) is 0 Å². The molecule has 1 aliphatic rings. The third-order valence-electron chi connectivity index (χ3n) is 2.33. The van der Waals surface area contributed by atoms with Gasteiger partial charge in [-0.1, -0.05) is 0 Å². The number of aliphatic carboxylic acids is 2. The van der Waals surface area contributed by atoms with Gasteiger partial charge in [-0.05, 0) is 25.8 Å². The molecule has 0 aromatic carbocycles. The first-order valence-electron chi connectivity index (χ1n) is 5.59. The third kappa shape index (κ3) is 6.81. The highest BCUT2D eigenvalue weighted by Gasteiger charge is 2.26. The van der Waals surface area contributed by atoms with Crippen molar-refractivity contribution in [2.24, 2.45) is 11.5 Å². The van der Waals surface area contributed by atoms with Crippen molar-refractivity contribution in [1.29, 1.82) is 0 Å². The Labute approximate surface area is 104 Å². The third-order valence-corrected chi connectivity index (χ3v) is 2.33. The van der Waals surface area contributed by atoms with Gasteiger partial charge in [-0.15, -0.1) is 0 Å². The molecule has 1 fully saturated rings. The zero-order valence-electron chi connectivity index (χ0n) is 9.96. The SMILES string of the molecule is NCCC[C@H](N)C(=O)O.O=C1CCC(C(=O)O)N1. The van der Waals surface area contributed by atoms with Gasteiger partial charge in [0.15, 0.2) is 0 Å². The van der Waals surface area contributed by atoms with Crippen molar-refractivity contribution in [3.05, 3.63) is 0 Å². The summed E-state index contributed by atoms with van der Waals surface area (Å²) in [5.41, 5.74) is 10.3. The summed E-state index contributed by atoms with van der Waals surface area (Å²) in [6, 6.07) is -1.38. The van der Waals surface area contributed by atoms with Gasteiger partial charge in [0.05, 0.1) is 0 Å². The fourth-order valence-electron chi connectivity index (χ4n) is 1.26. The zero-order chi connectivity index (χ0) is 14.1. The van der Waals surface area contributed by atoms with Crippen molar-refractivity contribution in [2.45, 2.75) is 37.8 Å². The van der Waals surface area contributed by atoms with Gasteiger partial charge in [-0.2, -0.15) is 0 Å². The molecule has 8 nitrogen and oxygen atoms in total. The molecular formula is C10H19N3O5. The average Bonchev–Trinajstić information content (AvgIpc) is 2.73. The Morgan fingerprint density at radius 2 is 2.06 bits per heavy atom. The maximum atomic E-state index is 10.4. The molecule has 7 N–H and O–H groups in total. The number of nitrogens with two attached hydrogens (primary N) is 2. The van der Waals surface area contributed by atoms with Gasteiger partial charge >= 0.3 is 11.9 Å². The summed E-state index contributed by atoms with van der Waals surface area (Å²) in [7, 11) is 0. The largest absolute Gasteiger partial charge is 0.480 e. The molecule has 1 rings (SSSR count). The Morgan fingerprint density at radius 1 is 1.44 bits per heavy atom. The average molecular weight is 261 g/mol. The summed E-state index contributed by atoms with van der Waals surface area (Å²) in [6.07, 6.45) is 1.91. The predicted molar refractivity (Wildman–Crippen MR) is 62.7 cm³/mol. The highest BCUT2D eigenvalue weighted by atomic mass is 16.4. The fourth-order valence-corrected chi connectivity index (χ4v) is 1.26. The van der Waals surface area contributed by atoms with Gasteiger partial charge in [0.1, 0.15) is 12.1 Å². The van der Waals surface area contributed by atoms with E-state index >= 15 is 0 Å². The Balaban J connectivity index is 0.000000321. The van der Waals surface area contributed by atoms with Crippen molar-refractivity contribution in [2.75, 3.05) is 6.54 Å². The summed E-state index contributed by atoms with van der Waals surface area (Å²) in [5.74, 6) is -2.06. The molecule has 0 aliphatic carbocycles. The summed E-state index contributed by atoms with van der Waals surface area (Å²) < 4.78 is 0. The standard InChI is InChI=1S/C5H12N2O2.C5H7NO3/c6-3-1-2-4(7)5(8)9;7-4-2-1-3(6-4)5(8)9/h4H,1-3,6-7H2,(H,8,9);3H,1-2H2,(H,6,7)(H,8,9)/t4-;/m0./s1. The van der Waals surface area contributed by atoms with E-state index in [1.165, 1.54) is 0 Å². The normalized spacial score (nSPS) is 19.4. The smallest absolute Gasteiger partial charge is 0.326 e. The van der Waals surface area contributed by atoms with Crippen LogP contribution >= 0.6 is 0 Å². The van der Waals surface area contributed by atoms with E-state index < -0.39 is 24.0 Å². The van der Waals surface area contributed by atoms with Crippen LogP contribution in [0.1, 0.15) is 25.7 Å². The molecule has 1 heterocycles. The van der Waals surface area contributed by atoms with Crippen LogP contribution in [0.3, 0.4) is 0 Å². The minimum absolute atomic E-state index is 0.164. The van der Waals surface area contributed by atoms with E-state index in [-0.39, 0.29) is 5.91 Å². The van der Waals surface area contributed by atoms with Crippen LogP contribution in [0.5, 0.6) is 0 Å². The maximum Gasteiger partial charge on any atom is 0.326 e. The van der Waals surface area contributed by atoms with Crippen LogP contribution in [0.4, 0.5) is 0 Å². The van der Waals surface area contributed by atoms with Crippen LogP contribution in [-0.2, 0) is 14.4 Å². The molecule has 0 aromatic heterocycles. The quantitative estimate of drug-likeness (QED) is 0.402. The number of amides is 1. The Bertz CT molecular complexity index is 308. The van der Waals surface area contributed by atoms with Gasteiger partial charge in [0, 0.05) is 6.42 Å². The minimum Gasteiger partial charge on any atom is -0.480 e. The van der Waals surface area contributed by atoms with Crippen molar-refractivity contribution < 1.29 is 24.6 Å². The number of carbonyl (C=O) groups is 3. The highest BCUT2D eigenvalue weighted by Crippen LogP contribution is 2.05. The number of rotatable bonds is 5. The van der Waals surface area contributed by atoms with E-state index in [9.17, 15) is 14.4 Å². The van der Waals surface area contributed by atoms with E-state index in [0.29, 0.717) is 32.2 Å². The molecule has 18 heavy (non-hydrogen) atoms. The van der Waals surface area contributed by atoms with Crippen LogP contribution in [0.25, 0.3) is 0 Å². The molecule has 8 heteroatoms. The topological polar surface area (TPSA) is 156 Å². The van der Waals surface area contributed by atoms with E-state index in [2.05, 4.69) is 5.32 Å². The number of hydrogen-bond acceptors (Lipinski definition) is 5. The Morgan fingerprint density at radius 3 is 2.33 bits per heavy atom. The predicted octanol–water partition coefficient (Wildman–Crippen LogP) is -1.51. The highest BCUT2D eigenvalue weighted by molar-refractivity contribution is 5.87. The number of carboxylic acid groups (broad SMARTS) is 2. The van der Waals surface area contributed by atoms with E-state index in [4.69, 9.17) is 21.7 Å². The molecule has 2 atom stereocenters. The van der Waals surface area contributed by atoms with Crippen molar-refractivity contribution in [1.82, 2.24) is 5.32 Å². The number of nitrogens with one attached hydrogen (secondary N) is 1. The molecule has 1 aliphatic heterocycles. The molecule has 1 unspecified atom stereocenters. The molecule has 0 bridgehead atoms. The van der Waals surface area contributed by atoms with Crippen LogP contribution in [0.2, 0.25) is 0 Å². The molecule has 0 radical (unpaired) electrons. The first kappa shape index (κ1) is 16.3. The summed E-state index contributed by atoms with van der Waals surface area (Å²) >= 11 is 0. The van der Waals surface area contributed by atoms with Crippen LogP contribution in [0.15, 0.2) is 0 Å². The number of hydrogen-bond donors (Lipinski definition) is 5. The second-order valence-corrected chi connectivity index (χ2v) is 3.87. The van der Waals surface area contributed by atoms with Gasteiger partial charge in [-0.3, -0.25) is 9.59 Å². The molecule has 0 aromatic rings. The lowest BCUT2D eigenvalue weighted by molar-refractivity contribution is -0.140. The number of carboxylic acids is 2. The maximum absolute atomic E-state index is 10.4. The van der Waals surface area contributed by atoms with Crippen molar-refractivity contribution in [3.8, 4) is 0 Å². The molecule has 0 saturated carbocycles. The molecule has 0 spiro atoms. The zero-order valence-corrected chi connectivity index (χ0v) is 9.96. The summed E-state index contributed by atoms with van der Waals surface area (Å²) in [6.45, 7) is 0.501. The van der Waals surface area contributed by atoms with Crippen LogP contribution in [0, 0.1) is 0 Å². The molecular weight excluding hydrogens is 242 g/mol. The first-order valence-corrected chi connectivity index (χ1v) is 5.59. The number of carbonyl (C=O) groups excluding carboxylic acids is 1. The van der Waals surface area contributed by atoms with Crippen molar-refractivity contribution >= 4 is 17.8 Å². The van der Waals surface area contributed by atoms with E-state index in [0.717, 1.165) is 0 Å². The molecule has 1 amide bonds. The Kier molecular flexibility index (Phi) is 7.64. The van der Waals surface area contributed by atoms with Gasteiger partial charge < -0.3 is 27.0 Å². The van der Waals surface area contributed by atoms with Crippen molar-refractivity contribution in [3.63, 3.8) is 0 Å². The molecule has 1 saturated heterocycles. The lowest BCUT2D eigenvalue weighted by Gasteiger charge is -2.02. The van der Waals surface area contributed by atoms with Gasteiger partial charge in [-0.25, -0.2) is 4.79 Å². The second-order valence-electron chi connectivity index (χ2n) is 3.87. The summed E-state index contributed by atoms with van der Waals surface area (Å²) in [4.78, 5) is 30.6.